The summed E-state index contributed by atoms with van der Waals surface area (Å²) in [5.74, 6) is 0.125. The topological polar surface area (TPSA) is 84.2 Å². The number of aliphatic hydroxyl groups excluding tert-OH is 2. The highest BCUT2D eigenvalue weighted by atomic mass is 35.5. The molecule has 25 heavy (non-hydrogen) atoms. The number of aromatic hydroxyl groups is 1. The highest BCUT2D eigenvalue weighted by Gasteiger charge is 2.40. The number of aliphatic hydroxyl groups is 2. The largest absolute Gasteiger partial charge is 0.508 e. The lowest BCUT2D eigenvalue weighted by molar-refractivity contribution is -0.144. The highest BCUT2D eigenvalue weighted by Crippen LogP contribution is 2.43. The number of carbonyl (C=O) groups excluding carboxylic acids is 1. The maximum atomic E-state index is 12.4. The minimum absolute atomic E-state index is 0.00176. The van der Waals surface area contributed by atoms with Gasteiger partial charge in [0, 0.05) is 24.7 Å². The van der Waals surface area contributed by atoms with Crippen molar-refractivity contribution in [2.75, 3.05) is 32.8 Å². The van der Waals surface area contributed by atoms with E-state index < -0.39 is 6.04 Å². The van der Waals surface area contributed by atoms with Crippen LogP contribution >= 0.6 is 23.2 Å². The fourth-order valence-electron chi connectivity index (χ4n) is 3.93. The Morgan fingerprint density at radius 3 is 2.64 bits per heavy atom. The number of halogens is 2. The molecule has 0 aromatic heterocycles. The third kappa shape index (κ3) is 3.59. The van der Waals surface area contributed by atoms with Crippen LogP contribution in [0.5, 0.6) is 5.75 Å². The van der Waals surface area contributed by atoms with Crippen LogP contribution in [-0.4, -0.2) is 76.0 Å². The fourth-order valence-corrected chi connectivity index (χ4v) is 4.40. The maximum absolute atomic E-state index is 12.4. The van der Waals surface area contributed by atoms with Gasteiger partial charge in [0.2, 0.25) is 5.91 Å². The Morgan fingerprint density at radius 2 is 1.96 bits per heavy atom. The number of fused-ring (bicyclic) bond motifs is 1. The van der Waals surface area contributed by atoms with E-state index in [2.05, 4.69) is 0 Å². The van der Waals surface area contributed by atoms with Crippen molar-refractivity contribution in [3.8, 4) is 5.75 Å². The van der Waals surface area contributed by atoms with Crippen molar-refractivity contribution in [3.05, 3.63) is 27.7 Å². The molecule has 2 atom stereocenters. The molecule has 3 rings (SSSR count). The molecule has 2 aliphatic rings. The summed E-state index contributed by atoms with van der Waals surface area (Å²) in [6.07, 6.45) is 1.36. The number of rotatable bonds is 4. The Labute approximate surface area is 156 Å². The van der Waals surface area contributed by atoms with Gasteiger partial charge in [0.05, 0.1) is 35.8 Å². The lowest BCUT2D eigenvalue weighted by atomic mass is 9.83. The standard InChI is InChI=1S/C17H22Cl2N2O4/c18-13-1-2-14(24)16(17(13)19)10-3-4-21-11(5-10)6-20(7-15(21)25)12(8-22)9-23/h1-2,10-12,22-24H,3-9H2/t10-,11+/m1/s1. The second-order valence-corrected chi connectivity index (χ2v) is 7.49. The van der Waals surface area contributed by atoms with Crippen LogP contribution in [0.15, 0.2) is 12.1 Å². The van der Waals surface area contributed by atoms with E-state index in [4.69, 9.17) is 23.2 Å². The molecule has 138 valence electrons. The van der Waals surface area contributed by atoms with Crippen molar-refractivity contribution in [2.45, 2.75) is 30.8 Å². The molecular weight excluding hydrogens is 367 g/mol. The molecule has 2 aliphatic heterocycles. The van der Waals surface area contributed by atoms with Gasteiger partial charge in [-0.3, -0.25) is 9.69 Å². The van der Waals surface area contributed by atoms with Crippen LogP contribution in [0.3, 0.4) is 0 Å². The van der Waals surface area contributed by atoms with Crippen LogP contribution < -0.4 is 0 Å². The van der Waals surface area contributed by atoms with E-state index in [0.717, 1.165) is 0 Å². The van der Waals surface area contributed by atoms with Gasteiger partial charge < -0.3 is 20.2 Å². The predicted molar refractivity (Wildman–Crippen MR) is 95.1 cm³/mol. The van der Waals surface area contributed by atoms with Gasteiger partial charge in [0.1, 0.15) is 5.75 Å². The summed E-state index contributed by atoms with van der Waals surface area (Å²) >= 11 is 12.4. The van der Waals surface area contributed by atoms with Gasteiger partial charge in [-0.15, -0.1) is 0 Å². The van der Waals surface area contributed by atoms with Crippen LogP contribution in [0.2, 0.25) is 10.0 Å². The molecular formula is C17H22Cl2N2O4. The molecule has 0 spiro atoms. The van der Waals surface area contributed by atoms with Crippen molar-refractivity contribution in [1.29, 1.82) is 0 Å². The van der Waals surface area contributed by atoms with Crippen LogP contribution in [0, 0.1) is 0 Å². The van der Waals surface area contributed by atoms with Crippen LogP contribution in [0.4, 0.5) is 0 Å². The third-order valence-electron chi connectivity index (χ3n) is 5.28. The number of hydrogen-bond acceptors (Lipinski definition) is 5. The lowest BCUT2D eigenvalue weighted by Crippen LogP contribution is -2.61. The van der Waals surface area contributed by atoms with E-state index in [1.807, 2.05) is 9.80 Å². The summed E-state index contributed by atoms with van der Waals surface area (Å²) in [6, 6.07) is 2.63. The monoisotopic (exact) mass is 388 g/mol. The number of nitrogens with zero attached hydrogens (tertiary/aromatic N) is 2. The minimum Gasteiger partial charge on any atom is -0.508 e. The van der Waals surface area contributed by atoms with E-state index in [1.54, 1.807) is 12.1 Å². The number of phenols is 1. The molecule has 8 heteroatoms. The number of hydrogen-bond donors (Lipinski definition) is 3. The van der Waals surface area contributed by atoms with Gasteiger partial charge in [0.25, 0.3) is 0 Å². The van der Waals surface area contributed by atoms with Crippen LogP contribution in [-0.2, 0) is 4.79 Å². The molecule has 3 N–H and O–H groups in total. The molecule has 2 fully saturated rings. The number of piperidine rings is 1. The van der Waals surface area contributed by atoms with Crippen LogP contribution in [0.25, 0.3) is 0 Å². The second kappa shape index (κ2) is 7.68. The summed E-state index contributed by atoms with van der Waals surface area (Å²) in [6.45, 7) is 0.984. The minimum atomic E-state index is -0.436. The number of amides is 1. The van der Waals surface area contributed by atoms with Crippen LogP contribution in [0.1, 0.15) is 24.3 Å². The molecule has 0 radical (unpaired) electrons. The van der Waals surface area contributed by atoms with Crippen molar-refractivity contribution in [2.24, 2.45) is 0 Å². The lowest BCUT2D eigenvalue weighted by Gasteiger charge is -2.47. The van der Waals surface area contributed by atoms with Gasteiger partial charge in [-0.1, -0.05) is 23.2 Å². The van der Waals surface area contributed by atoms with E-state index in [1.165, 1.54) is 0 Å². The van der Waals surface area contributed by atoms with E-state index in [0.29, 0.717) is 41.5 Å². The van der Waals surface area contributed by atoms with Crippen molar-refractivity contribution >= 4 is 29.1 Å². The molecule has 0 unspecified atom stereocenters. The zero-order valence-corrected chi connectivity index (χ0v) is 15.2. The number of piperazine rings is 1. The van der Waals surface area contributed by atoms with E-state index in [9.17, 15) is 20.1 Å². The Hall–Kier alpha value is -1.05. The first kappa shape index (κ1) is 18.7. The smallest absolute Gasteiger partial charge is 0.237 e. The van der Waals surface area contributed by atoms with Crippen molar-refractivity contribution < 1.29 is 20.1 Å². The molecule has 0 bridgehead atoms. The van der Waals surface area contributed by atoms with Gasteiger partial charge in [0.15, 0.2) is 0 Å². The first-order chi connectivity index (χ1) is 12.0. The molecule has 1 aromatic rings. The average molecular weight is 389 g/mol. The zero-order valence-electron chi connectivity index (χ0n) is 13.7. The predicted octanol–water partition coefficient (Wildman–Crippen LogP) is 1.44. The molecule has 6 nitrogen and oxygen atoms in total. The first-order valence-electron chi connectivity index (χ1n) is 8.38. The third-order valence-corrected chi connectivity index (χ3v) is 6.09. The number of phenolic OH excluding ortho intramolecular Hbond substituents is 1. The van der Waals surface area contributed by atoms with Gasteiger partial charge >= 0.3 is 0 Å². The Balaban J connectivity index is 1.81. The number of carbonyl (C=O) groups is 1. The second-order valence-electron chi connectivity index (χ2n) is 6.70. The Morgan fingerprint density at radius 1 is 1.24 bits per heavy atom. The summed E-state index contributed by atoms with van der Waals surface area (Å²) in [5.41, 5.74) is 0.638. The fraction of sp³-hybridized carbons (Fsp3) is 0.588. The molecule has 1 aromatic carbocycles. The quantitative estimate of drug-likeness (QED) is 0.726. The van der Waals surface area contributed by atoms with Crippen molar-refractivity contribution in [3.63, 3.8) is 0 Å². The zero-order chi connectivity index (χ0) is 18.1. The highest BCUT2D eigenvalue weighted by molar-refractivity contribution is 6.42. The molecule has 2 saturated heterocycles. The van der Waals surface area contributed by atoms with E-state index in [-0.39, 0.29) is 43.4 Å². The maximum Gasteiger partial charge on any atom is 0.237 e. The number of benzene rings is 1. The van der Waals surface area contributed by atoms with Gasteiger partial charge in [-0.25, -0.2) is 0 Å². The summed E-state index contributed by atoms with van der Waals surface area (Å²) in [5, 5.41) is 29.8. The Kier molecular flexibility index (Phi) is 5.75. The van der Waals surface area contributed by atoms with Gasteiger partial charge in [-0.2, -0.15) is 0 Å². The normalized spacial score (nSPS) is 24.7. The summed E-state index contributed by atoms with van der Waals surface area (Å²) in [4.78, 5) is 16.1. The molecule has 2 heterocycles. The summed E-state index contributed by atoms with van der Waals surface area (Å²) in [7, 11) is 0. The first-order valence-corrected chi connectivity index (χ1v) is 9.14. The van der Waals surface area contributed by atoms with Gasteiger partial charge in [-0.05, 0) is 30.9 Å². The molecule has 0 saturated carbocycles. The molecule has 1 amide bonds. The summed E-state index contributed by atoms with van der Waals surface area (Å²) < 4.78 is 0. The average Bonchev–Trinajstić information content (AvgIpc) is 2.59. The van der Waals surface area contributed by atoms with E-state index >= 15 is 0 Å². The van der Waals surface area contributed by atoms with Crippen molar-refractivity contribution in [1.82, 2.24) is 9.80 Å². The Bertz CT molecular complexity index is 654. The SMILES string of the molecule is O=C1CN(C(CO)CO)C[C@@H]2C[C@H](c3c(O)ccc(Cl)c3Cl)CCN12. The molecule has 0 aliphatic carbocycles.